The van der Waals surface area contributed by atoms with Crippen LogP contribution in [-0.4, -0.2) is 64.3 Å². The predicted octanol–water partition coefficient (Wildman–Crippen LogP) is 3.61. The zero-order valence-corrected chi connectivity index (χ0v) is 12.4. The Bertz CT molecular complexity index is 297. The maximum atomic E-state index is 12.9. The molecule has 0 aromatic carbocycles. The quantitative estimate of drug-likeness (QED) is 0.497. The molecule has 0 saturated carbocycles. The van der Waals surface area contributed by atoms with Crippen molar-refractivity contribution in [1.29, 1.82) is 0 Å². The lowest BCUT2D eigenvalue weighted by atomic mass is 10.1. The van der Waals surface area contributed by atoms with E-state index >= 15 is 0 Å². The van der Waals surface area contributed by atoms with Crippen LogP contribution in [0.3, 0.4) is 0 Å². The Morgan fingerprint density at radius 1 is 0.696 bits per heavy atom. The first-order chi connectivity index (χ1) is 10.5. The summed E-state index contributed by atoms with van der Waals surface area (Å²) in [6, 6.07) is 0. The molecule has 0 aliphatic carbocycles. The molecule has 0 rings (SSSR count). The summed E-state index contributed by atoms with van der Waals surface area (Å²) < 4.78 is 114. The molecule has 0 aromatic rings. The van der Waals surface area contributed by atoms with Gasteiger partial charge in [0.1, 0.15) is 0 Å². The van der Waals surface area contributed by atoms with E-state index in [4.69, 9.17) is 4.74 Å². The van der Waals surface area contributed by atoms with E-state index in [1.807, 2.05) is 0 Å². The highest BCUT2D eigenvalue weighted by Crippen LogP contribution is 2.30. The molecule has 2 atom stereocenters. The Morgan fingerprint density at radius 2 is 1.00 bits per heavy atom. The molecule has 0 saturated heterocycles. The second-order valence-corrected chi connectivity index (χ2v) is 4.78. The van der Waals surface area contributed by atoms with Crippen molar-refractivity contribution >= 4 is 0 Å². The van der Waals surface area contributed by atoms with E-state index in [9.17, 15) is 35.1 Å². The van der Waals surface area contributed by atoms with Crippen LogP contribution in [-0.2, 0) is 14.2 Å². The lowest BCUT2D eigenvalue weighted by Crippen LogP contribution is -2.37. The van der Waals surface area contributed by atoms with Crippen molar-refractivity contribution < 1.29 is 49.3 Å². The first-order valence-electron chi connectivity index (χ1n) is 6.41. The van der Waals surface area contributed by atoms with E-state index < -0.39 is 63.0 Å². The minimum atomic E-state index is -4.30. The molecular formula is C12H18F8O3. The number of hydrogen-bond acceptors (Lipinski definition) is 3. The van der Waals surface area contributed by atoms with Crippen LogP contribution < -0.4 is 0 Å². The van der Waals surface area contributed by atoms with Crippen molar-refractivity contribution in [3.8, 4) is 0 Å². The van der Waals surface area contributed by atoms with Crippen molar-refractivity contribution in [2.75, 3.05) is 27.4 Å². The van der Waals surface area contributed by atoms with Gasteiger partial charge in [0.2, 0.25) is 0 Å². The monoisotopic (exact) mass is 362 g/mol. The Morgan fingerprint density at radius 3 is 1.22 bits per heavy atom. The van der Waals surface area contributed by atoms with Crippen LogP contribution in [0.25, 0.3) is 0 Å². The normalized spacial score (nSPS) is 16.2. The van der Waals surface area contributed by atoms with Gasteiger partial charge in [-0.15, -0.1) is 0 Å². The average Bonchev–Trinajstić information content (AvgIpc) is 2.44. The summed E-state index contributed by atoms with van der Waals surface area (Å²) in [6.45, 7) is -1.22. The van der Waals surface area contributed by atoms with Crippen LogP contribution in [0.15, 0.2) is 0 Å². The molecule has 0 aliphatic rings. The summed E-state index contributed by atoms with van der Waals surface area (Å²) in [5, 5.41) is 0. The number of ether oxygens (including phenoxy) is 3. The molecule has 0 fully saturated rings. The second-order valence-electron chi connectivity index (χ2n) is 4.78. The molecule has 3 nitrogen and oxygen atoms in total. The smallest absolute Gasteiger partial charge is 0.310 e. The van der Waals surface area contributed by atoms with Gasteiger partial charge >= 0.3 is 24.7 Å². The van der Waals surface area contributed by atoms with E-state index in [-0.39, 0.29) is 0 Å². The van der Waals surface area contributed by atoms with Crippen LogP contribution in [0.5, 0.6) is 0 Å². The topological polar surface area (TPSA) is 27.7 Å². The third-order valence-corrected chi connectivity index (χ3v) is 2.91. The molecular weight excluding hydrogens is 344 g/mol. The Hall–Kier alpha value is -0.680. The third kappa shape index (κ3) is 8.11. The minimum Gasteiger partial charge on any atom is -0.379 e. The van der Waals surface area contributed by atoms with Gasteiger partial charge in [-0.3, -0.25) is 0 Å². The minimum absolute atomic E-state index is 0.612. The summed E-state index contributed by atoms with van der Waals surface area (Å²) in [5.41, 5.74) is 0. The molecule has 0 heterocycles. The van der Waals surface area contributed by atoms with Gasteiger partial charge in [-0.05, 0) is 0 Å². The Kier molecular flexibility index (Phi) is 9.29. The maximum absolute atomic E-state index is 12.9. The summed E-state index contributed by atoms with van der Waals surface area (Å²) in [6.07, 6.45) is -13.3. The van der Waals surface area contributed by atoms with Crippen molar-refractivity contribution in [3.63, 3.8) is 0 Å². The van der Waals surface area contributed by atoms with E-state index in [0.29, 0.717) is 0 Å². The average molecular weight is 362 g/mol. The largest absolute Gasteiger partial charge is 0.379 e. The van der Waals surface area contributed by atoms with Gasteiger partial charge in [-0.1, -0.05) is 0 Å². The number of halogens is 8. The standard InChI is InChI=1S/C12H18F8O3/c1-21-7(3-11(17,18)9(13)14)5-23-6-8(22-2)4-12(19,20)10(15)16/h7-10H,3-6H2,1-2H3. The van der Waals surface area contributed by atoms with Crippen LogP contribution in [0.1, 0.15) is 12.8 Å². The van der Waals surface area contributed by atoms with Crippen LogP contribution in [0.2, 0.25) is 0 Å². The van der Waals surface area contributed by atoms with Crippen molar-refractivity contribution in [2.24, 2.45) is 0 Å². The zero-order chi connectivity index (χ0) is 18.3. The van der Waals surface area contributed by atoms with E-state index in [0.717, 1.165) is 14.2 Å². The van der Waals surface area contributed by atoms with Gasteiger partial charge in [-0.2, -0.15) is 0 Å². The van der Waals surface area contributed by atoms with E-state index in [1.54, 1.807) is 0 Å². The highest BCUT2D eigenvalue weighted by molar-refractivity contribution is 4.76. The van der Waals surface area contributed by atoms with Crippen molar-refractivity contribution in [3.05, 3.63) is 0 Å². The summed E-state index contributed by atoms with van der Waals surface area (Å²) in [5.74, 6) is -8.60. The fraction of sp³-hybridized carbons (Fsp3) is 1.00. The molecule has 0 N–H and O–H groups in total. The molecule has 0 bridgehead atoms. The number of alkyl halides is 8. The molecule has 0 spiro atoms. The van der Waals surface area contributed by atoms with Crippen molar-refractivity contribution in [1.82, 2.24) is 0 Å². The highest BCUT2D eigenvalue weighted by atomic mass is 19.3. The lowest BCUT2D eigenvalue weighted by Gasteiger charge is -2.24. The summed E-state index contributed by atoms with van der Waals surface area (Å²) >= 11 is 0. The van der Waals surface area contributed by atoms with E-state index in [1.165, 1.54) is 0 Å². The molecule has 23 heavy (non-hydrogen) atoms. The maximum Gasteiger partial charge on any atom is 0.310 e. The van der Waals surface area contributed by atoms with Gasteiger partial charge < -0.3 is 14.2 Å². The highest BCUT2D eigenvalue weighted by Gasteiger charge is 2.44. The van der Waals surface area contributed by atoms with Gasteiger partial charge in [-0.25, -0.2) is 35.1 Å². The first-order valence-corrected chi connectivity index (χ1v) is 6.41. The number of rotatable bonds is 12. The lowest BCUT2D eigenvalue weighted by molar-refractivity contribution is -0.167. The molecule has 0 radical (unpaired) electrons. The summed E-state index contributed by atoms with van der Waals surface area (Å²) in [7, 11) is 1.96. The zero-order valence-electron chi connectivity index (χ0n) is 12.4. The Labute approximate surface area is 127 Å². The molecule has 11 heteroatoms. The number of hydrogen-bond donors (Lipinski definition) is 0. The number of methoxy groups -OCH3 is 2. The second kappa shape index (κ2) is 9.58. The molecule has 140 valence electrons. The van der Waals surface area contributed by atoms with Crippen LogP contribution in [0, 0.1) is 0 Å². The fourth-order valence-electron chi connectivity index (χ4n) is 1.54. The molecule has 0 aromatic heterocycles. The van der Waals surface area contributed by atoms with Gasteiger partial charge in [0.15, 0.2) is 0 Å². The van der Waals surface area contributed by atoms with E-state index in [2.05, 4.69) is 9.47 Å². The summed E-state index contributed by atoms with van der Waals surface area (Å²) in [4.78, 5) is 0. The van der Waals surface area contributed by atoms with Gasteiger partial charge in [0, 0.05) is 27.1 Å². The SMILES string of the molecule is COC(COCC(CC(F)(F)C(F)F)OC)CC(F)(F)C(F)F. The van der Waals surface area contributed by atoms with Crippen molar-refractivity contribution in [2.45, 2.75) is 49.7 Å². The fourth-order valence-corrected chi connectivity index (χ4v) is 1.54. The predicted molar refractivity (Wildman–Crippen MR) is 63.5 cm³/mol. The first kappa shape index (κ1) is 22.3. The molecule has 0 aliphatic heterocycles. The molecule has 0 amide bonds. The Balaban J connectivity index is 4.37. The van der Waals surface area contributed by atoms with Crippen LogP contribution in [0.4, 0.5) is 35.1 Å². The van der Waals surface area contributed by atoms with Gasteiger partial charge in [0.05, 0.1) is 25.4 Å². The van der Waals surface area contributed by atoms with Gasteiger partial charge in [0.25, 0.3) is 0 Å². The molecule has 2 unspecified atom stereocenters. The third-order valence-electron chi connectivity index (χ3n) is 2.91. The van der Waals surface area contributed by atoms with Crippen LogP contribution >= 0.6 is 0 Å².